The molecule has 0 aliphatic carbocycles. The molecule has 31 heavy (non-hydrogen) atoms. The van der Waals surface area contributed by atoms with Crippen molar-refractivity contribution in [3.63, 3.8) is 0 Å². The van der Waals surface area contributed by atoms with E-state index in [1.807, 2.05) is 35.8 Å². The summed E-state index contributed by atoms with van der Waals surface area (Å²) in [5.74, 6) is 0.590. The number of allylic oxidation sites excluding steroid dienone is 1. The normalized spacial score (nSPS) is 11.1. The number of hydrogen-bond acceptors (Lipinski definition) is 6. The number of thioether (sulfide) groups is 1. The number of rotatable bonds is 8. The summed E-state index contributed by atoms with van der Waals surface area (Å²) in [6, 6.07) is 12.7. The number of phenolic OH excluding ortho intramolecular Hbond substituents is 1. The Bertz CT molecular complexity index is 1130. The molecule has 1 heterocycles. The Balaban J connectivity index is 1.67. The Kier molecular flexibility index (Phi) is 8.05. The zero-order valence-electron chi connectivity index (χ0n) is 16.5. The molecule has 160 valence electrons. The van der Waals surface area contributed by atoms with Gasteiger partial charge in [0.1, 0.15) is 5.75 Å². The minimum Gasteiger partial charge on any atom is -0.507 e. The van der Waals surface area contributed by atoms with Crippen molar-refractivity contribution in [1.29, 1.82) is 0 Å². The maximum absolute atomic E-state index is 12.2. The number of nitrogens with one attached hydrogen (secondary N) is 1. The lowest BCUT2D eigenvalue weighted by atomic mass is 10.2. The number of phenols is 1. The van der Waals surface area contributed by atoms with Gasteiger partial charge in [0.15, 0.2) is 11.0 Å². The van der Waals surface area contributed by atoms with Crippen LogP contribution in [0.25, 0.3) is 11.4 Å². The highest BCUT2D eigenvalue weighted by Gasteiger charge is 2.15. The van der Waals surface area contributed by atoms with Crippen LogP contribution in [0.4, 0.5) is 0 Å². The molecule has 0 saturated heterocycles. The zero-order valence-corrected chi connectivity index (χ0v) is 20.5. The summed E-state index contributed by atoms with van der Waals surface area (Å²) in [5, 5.41) is 22.9. The Morgan fingerprint density at radius 1 is 1.23 bits per heavy atom. The Labute approximate surface area is 200 Å². The van der Waals surface area contributed by atoms with Gasteiger partial charge in [-0.1, -0.05) is 67.9 Å². The number of benzene rings is 2. The average Bonchev–Trinajstić information content (AvgIpc) is 3.11. The van der Waals surface area contributed by atoms with Crippen LogP contribution in [0, 0.1) is 0 Å². The number of halogens is 2. The van der Waals surface area contributed by atoms with Crippen LogP contribution in [-0.2, 0) is 11.3 Å². The predicted octanol–water partition coefficient (Wildman–Crippen LogP) is 4.99. The van der Waals surface area contributed by atoms with Gasteiger partial charge in [-0.25, -0.2) is 5.43 Å². The maximum atomic E-state index is 12.2. The van der Waals surface area contributed by atoms with Gasteiger partial charge >= 0.3 is 0 Å². The van der Waals surface area contributed by atoms with Gasteiger partial charge in [0.05, 0.1) is 12.0 Å². The van der Waals surface area contributed by atoms with Gasteiger partial charge in [0, 0.05) is 26.6 Å². The van der Waals surface area contributed by atoms with Crippen molar-refractivity contribution in [2.75, 3.05) is 5.75 Å². The van der Waals surface area contributed by atoms with Crippen molar-refractivity contribution in [2.24, 2.45) is 5.10 Å². The minimum absolute atomic E-state index is 0.0731. The highest BCUT2D eigenvalue weighted by molar-refractivity contribution is 9.10. The fraction of sp³-hybridized carbons (Fsp3) is 0.143. The third-order valence-electron chi connectivity index (χ3n) is 3.96. The van der Waals surface area contributed by atoms with Gasteiger partial charge in [-0.05, 0) is 37.3 Å². The topological polar surface area (TPSA) is 92.4 Å². The van der Waals surface area contributed by atoms with E-state index >= 15 is 0 Å². The standard InChI is InChI=1S/C21H19Br2N5O2S/c1-13(2)11-28-20(14-3-5-16(22)6-4-14)26-27-21(28)31-12-19(30)25-24-10-15-9-17(23)7-8-18(15)29/h3-10,29H,1,11-12H2,2H3,(H,25,30)/b24-10-. The third-order valence-corrected chi connectivity index (χ3v) is 5.95. The monoisotopic (exact) mass is 563 g/mol. The lowest BCUT2D eigenvalue weighted by molar-refractivity contribution is -0.118. The number of nitrogens with zero attached hydrogens (tertiary/aromatic N) is 4. The van der Waals surface area contributed by atoms with E-state index in [2.05, 4.69) is 59.2 Å². The molecule has 0 aliphatic rings. The molecule has 0 spiro atoms. The lowest BCUT2D eigenvalue weighted by Gasteiger charge is -2.10. The molecule has 1 amide bonds. The lowest BCUT2D eigenvalue weighted by Crippen LogP contribution is -2.20. The first-order valence-corrected chi connectivity index (χ1v) is 11.7. The van der Waals surface area contributed by atoms with Crippen LogP contribution in [0.3, 0.4) is 0 Å². The molecule has 2 aromatic carbocycles. The molecule has 0 atom stereocenters. The van der Waals surface area contributed by atoms with E-state index in [9.17, 15) is 9.90 Å². The predicted molar refractivity (Wildman–Crippen MR) is 130 cm³/mol. The van der Waals surface area contributed by atoms with Crippen molar-refractivity contribution in [3.8, 4) is 17.1 Å². The van der Waals surface area contributed by atoms with Gasteiger partial charge < -0.3 is 5.11 Å². The number of carbonyl (C=O) groups is 1. The minimum atomic E-state index is -0.300. The number of carbonyl (C=O) groups excluding carboxylic acids is 1. The van der Waals surface area contributed by atoms with Gasteiger partial charge in [0.2, 0.25) is 0 Å². The summed E-state index contributed by atoms with van der Waals surface area (Å²) >= 11 is 8.02. The number of amides is 1. The van der Waals surface area contributed by atoms with Crippen LogP contribution in [0.1, 0.15) is 12.5 Å². The largest absolute Gasteiger partial charge is 0.507 e. The molecule has 0 saturated carbocycles. The quantitative estimate of drug-likeness (QED) is 0.174. The molecule has 0 bridgehead atoms. The molecule has 10 heteroatoms. The number of hydrogen-bond donors (Lipinski definition) is 2. The third kappa shape index (κ3) is 6.52. The van der Waals surface area contributed by atoms with Crippen molar-refractivity contribution in [1.82, 2.24) is 20.2 Å². The fourth-order valence-corrected chi connectivity index (χ4v) is 3.96. The first kappa shape index (κ1) is 23.2. The van der Waals surface area contributed by atoms with Crippen molar-refractivity contribution in [2.45, 2.75) is 18.6 Å². The summed E-state index contributed by atoms with van der Waals surface area (Å²) in [6.07, 6.45) is 1.39. The Hall–Kier alpha value is -2.43. The van der Waals surface area contributed by atoms with Crippen LogP contribution < -0.4 is 5.43 Å². The molecule has 0 fully saturated rings. The van der Waals surface area contributed by atoms with Gasteiger partial charge in [-0.15, -0.1) is 10.2 Å². The molecule has 2 N–H and O–H groups in total. The summed E-state index contributed by atoms with van der Waals surface area (Å²) in [4.78, 5) is 12.2. The molecule has 7 nitrogen and oxygen atoms in total. The Morgan fingerprint density at radius 3 is 2.65 bits per heavy atom. The van der Waals surface area contributed by atoms with Crippen LogP contribution in [-0.4, -0.2) is 37.7 Å². The first-order chi connectivity index (χ1) is 14.8. The fourth-order valence-electron chi connectivity index (χ4n) is 2.59. The van der Waals surface area contributed by atoms with E-state index in [0.717, 1.165) is 20.1 Å². The van der Waals surface area contributed by atoms with Crippen LogP contribution in [0.2, 0.25) is 0 Å². The van der Waals surface area contributed by atoms with E-state index < -0.39 is 0 Å². The van der Waals surface area contributed by atoms with Crippen molar-refractivity contribution in [3.05, 3.63) is 69.1 Å². The highest BCUT2D eigenvalue weighted by atomic mass is 79.9. The SMILES string of the molecule is C=C(C)Cn1c(SCC(=O)N/N=C\c2cc(Br)ccc2O)nnc1-c1ccc(Br)cc1. The molecule has 1 aromatic heterocycles. The van der Waals surface area contributed by atoms with E-state index in [0.29, 0.717) is 23.1 Å². The van der Waals surface area contributed by atoms with Crippen molar-refractivity contribution < 1.29 is 9.90 Å². The maximum Gasteiger partial charge on any atom is 0.250 e. The number of aromatic hydroxyl groups is 1. The smallest absolute Gasteiger partial charge is 0.250 e. The van der Waals surface area contributed by atoms with Crippen LogP contribution in [0.5, 0.6) is 5.75 Å². The van der Waals surface area contributed by atoms with E-state index in [4.69, 9.17) is 0 Å². The second-order valence-corrected chi connectivity index (χ2v) is 9.42. The highest BCUT2D eigenvalue weighted by Crippen LogP contribution is 2.26. The van der Waals surface area contributed by atoms with E-state index in [-0.39, 0.29) is 17.4 Å². The van der Waals surface area contributed by atoms with Gasteiger partial charge in [-0.3, -0.25) is 9.36 Å². The zero-order chi connectivity index (χ0) is 22.4. The molecule has 3 rings (SSSR count). The van der Waals surface area contributed by atoms with Crippen LogP contribution >= 0.6 is 43.6 Å². The molecule has 0 unspecified atom stereocenters. The second kappa shape index (κ2) is 10.7. The van der Waals surface area contributed by atoms with Crippen molar-refractivity contribution >= 4 is 55.7 Å². The van der Waals surface area contributed by atoms with Gasteiger partial charge in [-0.2, -0.15) is 5.10 Å². The van der Waals surface area contributed by atoms with Crippen LogP contribution in [0.15, 0.2) is 73.8 Å². The first-order valence-electron chi connectivity index (χ1n) is 9.10. The summed E-state index contributed by atoms with van der Waals surface area (Å²) in [6.45, 7) is 6.46. The summed E-state index contributed by atoms with van der Waals surface area (Å²) < 4.78 is 3.71. The summed E-state index contributed by atoms with van der Waals surface area (Å²) in [7, 11) is 0. The number of hydrazone groups is 1. The number of aromatic nitrogens is 3. The summed E-state index contributed by atoms with van der Waals surface area (Å²) in [5.41, 5.74) is 4.81. The Morgan fingerprint density at radius 2 is 1.94 bits per heavy atom. The van der Waals surface area contributed by atoms with E-state index in [1.165, 1.54) is 18.0 Å². The molecule has 0 radical (unpaired) electrons. The molecular formula is C21H19Br2N5O2S. The molecular weight excluding hydrogens is 546 g/mol. The average molecular weight is 565 g/mol. The molecule has 0 aliphatic heterocycles. The molecule has 3 aromatic rings. The second-order valence-electron chi connectivity index (χ2n) is 6.64. The van der Waals surface area contributed by atoms with Gasteiger partial charge in [0.25, 0.3) is 5.91 Å². The van der Waals surface area contributed by atoms with E-state index in [1.54, 1.807) is 18.2 Å².